The second-order valence-electron chi connectivity index (χ2n) is 3.58. The van der Waals surface area contributed by atoms with Crippen LogP contribution in [0.25, 0.3) is 0 Å². The summed E-state index contributed by atoms with van der Waals surface area (Å²) in [5, 5.41) is 3.32. The standard InChI is InChI=1S/C9H16N4S/c10-3-1-5-13-8-2-4-11-6-7(8)12-9(13)14/h11H,1-6,10H2,(H,12,14). The Bertz CT molecular complexity index is 365. The van der Waals surface area contributed by atoms with E-state index >= 15 is 0 Å². The van der Waals surface area contributed by atoms with Gasteiger partial charge in [0.25, 0.3) is 0 Å². The SMILES string of the molecule is NCCCn1c2c([nH]c1=S)CNCC2. The summed E-state index contributed by atoms with van der Waals surface area (Å²) in [5.41, 5.74) is 8.11. The molecule has 1 aromatic rings. The zero-order valence-electron chi connectivity index (χ0n) is 8.18. The van der Waals surface area contributed by atoms with Gasteiger partial charge in [-0.05, 0) is 25.2 Å². The van der Waals surface area contributed by atoms with Gasteiger partial charge in [-0.25, -0.2) is 0 Å². The molecule has 2 heterocycles. The van der Waals surface area contributed by atoms with Gasteiger partial charge in [-0.2, -0.15) is 0 Å². The van der Waals surface area contributed by atoms with Crippen LogP contribution in [0.4, 0.5) is 0 Å². The van der Waals surface area contributed by atoms with Crippen molar-refractivity contribution >= 4 is 12.2 Å². The summed E-state index contributed by atoms with van der Waals surface area (Å²) in [6, 6.07) is 0. The lowest BCUT2D eigenvalue weighted by Gasteiger charge is -2.15. The van der Waals surface area contributed by atoms with Crippen LogP contribution in [0.2, 0.25) is 0 Å². The molecule has 0 atom stereocenters. The summed E-state index contributed by atoms with van der Waals surface area (Å²) in [6.07, 6.45) is 2.05. The maximum Gasteiger partial charge on any atom is 0.177 e. The van der Waals surface area contributed by atoms with Gasteiger partial charge in [0.05, 0.1) is 5.69 Å². The molecule has 0 aliphatic carbocycles. The number of nitrogens with zero attached hydrogens (tertiary/aromatic N) is 1. The molecule has 1 aromatic heterocycles. The highest BCUT2D eigenvalue weighted by Gasteiger charge is 2.14. The number of imidazole rings is 1. The Morgan fingerprint density at radius 2 is 2.36 bits per heavy atom. The molecule has 1 aliphatic heterocycles. The summed E-state index contributed by atoms with van der Waals surface area (Å²) in [6.45, 7) is 3.62. The van der Waals surface area contributed by atoms with E-state index in [1.165, 1.54) is 11.4 Å². The van der Waals surface area contributed by atoms with E-state index in [4.69, 9.17) is 18.0 Å². The van der Waals surface area contributed by atoms with Crippen LogP contribution in [-0.2, 0) is 19.5 Å². The molecule has 0 aromatic carbocycles. The Morgan fingerprint density at radius 1 is 1.50 bits per heavy atom. The maximum atomic E-state index is 5.50. The summed E-state index contributed by atoms with van der Waals surface area (Å²) in [5.74, 6) is 0. The van der Waals surface area contributed by atoms with E-state index in [9.17, 15) is 0 Å². The molecule has 0 unspecified atom stereocenters. The van der Waals surface area contributed by atoms with Gasteiger partial charge >= 0.3 is 0 Å². The van der Waals surface area contributed by atoms with Crippen molar-refractivity contribution in [3.05, 3.63) is 16.2 Å². The van der Waals surface area contributed by atoms with Crippen molar-refractivity contribution in [1.29, 1.82) is 0 Å². The van der Waals surface area contributed by atoms with Crippen molar-refractivity contribution in [3.8, 4) is 0 Å². The largest absolute Gasteiger partial charge is 0.333 e. The Labute approximate surface area is 88.5 Å². The summed E-state index contributed by atoms with van der Waals surface area (Å²) >= 11 is 5.27. The zero-order valence-corrected chi connectivity index (χ0v) is 8.99. The molecule has 0 amide bonds. The van der Waals surface area contributed by atoms with Crippen LogP contribution in [0.1, 0.15) is 17.8 Å². The molecule has 0 saturated carbocycles. The first-order valence-corrected chi connectivity index (χ1v) is 5.45. The average Bonchev–Trinajstić information content (AvgIpc) is 2.51. The number of nitrogens with two attached hydrogens (primary N) is 1. The normalized spacial score (nSPS) is 15.5. The second kappa shape index (κ2) is 4.25. The van der Waals surface area contributed by atoms with E-state index in [-0.39, 0.29) is 0 Å². The number of nitrogens with one attached hydrogen (secondary N) is 2. The fraction of sp³-hybridized carbons (Fsp3) is 0.667. The third-order valence-electron chi connectivity index (χ3n) is 2.60. The van der Waals surface area contributed by atoms with Crippen LogP contribution in [0.3, 0.4) is 0 Å². The Hall–Kier alpha value is -0.650. The minimum atomic E-state index is 0.722. The molecule has 4 N–H and O–H groups in total. The molecule has 0 bridgehead atoms. The summed E-state index contributed by atoms with van der Waals surface area (Å²) < 4.78 is 3.03. The highest BCUT2D eigenvalue weighted by molar-refractivity contribution is 7.71. The molecular weight excluding hydrogens is 196 g/mol. The minimum absolute atomic E-state index is 0.722. The smallest absolute Gasteiger partial charge is 0.177 e. The van der Waals surface area contributed by atoms with Crippen molar-refractivity contribution in [2.75, 3.05) is 13.1 Å². The van der Waals surface area contributed by atoms with Gasteiger partial charge < -0.3 is 20.6 Å². The van der Waals surface area contributed by atoms with Gasteiger partial charge in [-0.15, -0.1) is 0 Å². The molecule has 2 rings (SSSR count). The zero-order chi connectivity index (χ0) is 9.97. The number of fused-ring (bicyclic) bond motifs is 1. The Kier molecular flexibility index (Phi) is 3.00. The van der Waals surface area contributed by atoms with Crippen LogP contribution in [-0.4, -0.2) is 22.6 Å². The first-order chi connectivity index (χ1) is 6.83. The van der Waals surface area contributed by atoms with Gasteiger partial charge in [-0.1, -0.05) is 0 Å². The molecular formula is C9H16N4S. The number of hydrogen-bond donors (Lipinski definition) is 3. The molecule has 14 heavy (non-hydrogen) atoms. The second-order valence-corrected chi connectivity index (χ2v) is 3.96. The first kappa shape index (κ1) is 9.89. The van der Waals surface area contributed by atoms with Crippen molar-refractivity contribution in [2.24, 2.45) is 5.73 Å². The van der Waals surface area contributed by atoms with Crippen LogP contribution >= 0.6 is 12.2 Å². The lowest BCUT2D eigenvalue weighted by Crippen LogP contribution is -2.25. The minimum Gasteiger partial charge on any atom is -0.333 e. The Balaban J connectivity index is 2.28. The number of rotatable bonds is 3. The predicted molar refractivity (Wildman–Crippen MR) is 58.7 cm³/mol. The molecule has 1 aliphatic rings. The van der Waals surface area contributed by atoms with E-state index in [1.807, 2.05) is 0 Å². The monoisotopic (exact) mass is 212 g/mol. The molecule has 78 valence electrons. The van der Waals surface area contributed by atoms with E-state index in [2.05, 4.69) is 14.9 Å². The maximum absolute atomic E-state index is 5.50. The number of hydrogen-bond acceptors (Lipinski definition) is 3. The van der Waals surface area contributed by atoms with Gasteiger partial charge in [0.15, 0.2) is 4.77 Å². The Morgan fingerprint density at radius 3 is 3.14 bits per heavy atom. The quantitative estimate of drug-likeness (QED) is 0.641. The number of H-pyrrole nitrogens is 1. The summed E-state index contributed by atoms with van der Waals surface area (Å²) in [7, 11) is 0. The van der Waals surface area contributed by atoms with Crippen LogP contribution < -0.4 is 11.1 Å². The van der Waals surface area contributed by atoms with E-state index in [0.29, 0.717) is 0 Å². The van der Waals surface area contributed by atoms with Gasteiger partial charge in [0, 0.05) is 31.7 Å². The number of aromatic amines is 1. The molecule has 0 fully saturated rings. The van der Waals surface area contributed by atoms with Crippen molar-refractivity contribution in [2.45, 2.75) is 25.9 Å². The van der Waals surface area contributed by atoms with Gasteiger partial charge in [-0.3, -0.25) is 0 Å². The molecule has 5 heteroatoms. The molecule has 4 nitrogen and oxygen atoms in total. The van der Waals surface area contributed by atoms with Crippen molar-refractivity contribution < 1.29 is 0 Å². The van der Waals surface area contributed by atoms with Crippen molar-refractivity contribution in [3.63, 3.8) is 0 Å². The fourth-order valence-corrected chi connectivity index (χ4v) is 2.22. The molecule has 0 radical (unpaired) electrons. The highest BCUT2D eigenvalue weighted by atomic mass is 32.1. The third-order valence-corrected chi connectivity index (χ3v) is 2.93. The van der Waals surface area contributed by atoms with Crippen LogP contribution in [0, 0.1) is 4.77 Å². The van der Waals surface area contributed by atoms with Crippen molar-refractivity contribution in [1.82, 2.24) is 14.9 Å². The van der Waals surface area contributed by atoms with E-state index < -0.39 is 0 Å². The average molecular weight is 212 g/mol. The lowest BCUT2D eigenvalue weighted by molar-refractivity contribution is 0.571. The van der Waals surface area contributed by atoms with Crippen LogP contribution in [0.15, 0.2) is 0 Å². The third kappa shape index (κ3) is 1.75. The van der Waals surface area contributed by atoms with Gasteiger partial charge in [0.1, 0.15) is 0 Å². The molecule has 0 saturated heterocycles. The highest BCUT2D eigenvalue weighted by Crippen LogP contribution is 2.13. The van der Waals surface area contributed by atoms with E-state index in [0.717, 1.165) is 43.8 Å². The van der Waals surface area contributed by atoms with E-state index in [1.54, 1.807) is 0 Å². The number of aromatic nitrogens is 2. The molecule has 0 spiro atoms. The fourth-order valence-electron chi connectivity index (χ4n) is 1.89. The first-order valence-electron chi connectivity index (χ1n) is 5.04. The predicted octanol–water partition coefficient (Wildman–Crippen LogP) is 0.540. The van der Waals surface area contributed by atoms with Gasteiger partial charge in [0.2, 0.25) is 0 Å². The lowest BCUT2D eigenvalue weighted by atomic mass is 10.2. The van der Waals surface area contributed by atoms with Crippen LogP contribution in [0.5, 0.6) is 0 Å². The summed E-state index contributed by atoms with van der Waals surface area (Å²) in [4.78, 5) is 3.25. The topological polar surface area (TPSA) is 58.8 Å².